The van der Waals surface area contributed by atoms with Gasteiger partial charge in [-0.05, 0) is 196 Å². The Kier molecular flexibility index (Phi) is 8.21. The van der Waals surface area contributed by atoms with E-state index in [1.54, 1.807) is 6.33 Å². The Hall–Kier alpha value is -7.18. The van der Waals surface area contributed by atoms with Crippen LogP contribution in [0.1, 0.15) is 44.5 Å². The predicted octanol–water partition coefficient (Wildman–Crippen LogP) is 14.4. The van der Waals surface area contributed by atoms with Crippen LogP contribution in [0, 0.1) is 41.5 Å². The molecule has 292 valence electrons. The average Bonchev–Trinajstić information content (AvgIpc) is 3.74. The number of para-hydroxylation sites is 1. The van der Waals surface area contributed by atoms with Gasteiger partial charge in [0.2, 0.25) is 0 Å². The molecule has 1 aliphatic heterocycles. The van der Waals surface area contributed by atoms with Crippen LogP contribution in [0.2, 0.25) is 0 Å². The highest BCUT2D eigenvalue weighted by atomic mass is 16.3. The zero-order valence-electron chi connectivity index (χ0n) is 34.8. The standard InChI is InChI=1S/C54H45N5O/c1-32-17-33(2)22-42(21-32)57-40-13-15-49-47(29-40)48-30-41(14-16-50(48)59(49)54-53-52(55-31-56-54)46-9-7-8-10-51(46)60-53)58(43-23-34(3)18-35(4)24-43)45-26-37(6)20-39(28-45)12-11-38-19-36(5)25-44(57)27-38/h7-10,13-31H,11-12H2,1-6H3. The van der Waals surface area contributed by atoms with E-state index in [9.17, 15) is 0 Å². The zero-order valence-corrected chi connectivity index (χ0v) is 34.8. The Morgan fingerprint density at radius 1 is 0.433 bits per heavy atom. The van der Waals surface area contributed by atoms with Crippen molar-refractivity contribution in [3.05, 3.63) is 184 Å². The molecule has 0 unspecified atom stereocenters. The minimum absolute atomic E-state index is 0.664. The van der Waals surface area contributed by atoms with Crippen molar-refractivity contribution in [1.29, 1.82) is 0 Å². The van der Waals surface area contributed by atoms with Crippen molar-refractivity contribution in [1.82, 2.24) is 14.5 Å². The van der Waals surface area contributed by atoms with Gasteiger partial charge in [-0.3, -0.25) is 4.57 Å². The summed E-state index contributed by atoms with van der Waals surface area (Å²) in [4.78, 5) is 14.6. The van der Waals surface area contributed by atoms with Crippen molar-refractivity contribution in [3.8, 4) is 5.82 Å². The number of anilines is 6. The third-order valence-corrected chi connectivity index (χ3v) is 12.0. The maximum absolute atomic E-state index is 6.59. The summed E-state index contributed by atoms with van der Waals surface area (Å²) in [6.45, 7) is 13.2. The molecule has 6 heteroatoms. The molecule has 0 radical (unpaired) electrons. The summed E-state index contributed by atoms with van der Waals surface area (Å²) in [5.41, 5.74) is 21.1. The molecule has 0 atom stereocenters. The number of aromatic nitrogens is 3. The van der Waals surface area contributed by atoms with Gasteiger partial charge in [0.05, 0.1) is 11.0 Å². The van der Waals surface area contributed by atoms with Gasteiger partial charge in [-0.25, -0.2) is 9.97 Å². The van der Waals surface area contributed by atoms with Crippen LogP contribution in [0.4, 0.5) is 34.1 Å². The summed E-state index contributed by atoms with van der Waals surface area (Å²) in [6, 6.07) is 49.7. The van der Waals surface area contributed by atoms with E-state index >= 15 is 0 Å². The van der Waals surface area contributed by atoms with E-state index in [2.05, 4.69) is 171 Å². The molecule has 0 amide bonds. The zero-order chi connectivity index (χ0) is 40.8. The van der Waals surface area contributed by atoms with Gasteiger partial charge in [0.1, 0.15) is 17.4 Å². The van der Waals surface area contributed by atoms with Crippen LogP contribution in [-0.2, 0) is 12.8 Å². The molecule has 7 aromatic carbocycles. The highest BCUT2D eigenvalue weighted by Gasteiger charge is 2.24. The second kappa shape index (κ2) is 13.7. The van der Waals surface area contributed by atoms with Crippen molar-refractivity contribution in [2.75, 3.05) is 9.80 Å². The lowest BCUT2D eigenvalue weighted by atomic mass is 9.98. The van der Waals surface area contributed by atoms with Crippen LogP contribution in [0.5, 0.6) is 0 Å². The number of fused-ring (bicyclic) bond motifs is 9. The van der Waals surface area contributed by atoms with Crippen LogP contribution in [0.3, 0.4) is 0 Å². The summed E-state index contributed by atoms with van der Waals surface area (Å²) >= 11 is 0. The van der Waals surface area contributed by atoms with Gasteiger partial charge >= 0.3 is 0 Å². The second-order valence-corrected chi connectivity index (χ2v) is 16.9. The monoisotopic (exact) mass is 779 g/mol. The molecule has 10 aromatic rings. The van der Waals surface area contributed by atoms with Gasteiger partial charge in [0.25, 0.3) is 0 Å². The fraction of sp³-hybridized carbons (Fsp3) is 0.148. The first-order valence-corrected chi connectivity index (χ1v) is 20.8. The Morgan fingerprint density at radius 2 is 0.900 bits per heavy atom. The predicted molar refractivity (Wildman–Crippen MR) is 249 cm³/mol. The van der Waals surface area contributed by atoms with E-state index in [0.717, 1.165) is 85.3 Å². The van der Waals surface area contributed by atoms with Crippen molar-refractivity contribution in [3.63, 3.8) is 0 Å². The SMILES string of the molecule is Cc1cc(C)cc(N2c3cc(C)cc(c3)CCc3cc(C)cc(c3)N(c3cc(C)cc(C)c3)c3ccc4c(c3)c3cc2ccc3n4-c2ncnc3c2oc2ccccc23)c1. The van der Waals surface area contributed by atoms with Gasteiger partial charge in [-0.15, -0.1) is 0 Å². The number of furan rings is 1. The van der Waals surface area contributed by atoms with Crippen molar-refractivity contribution in [2.24, 2.45) is 0 Å². The Morgan fingerprint density at radius 3 is 1.42 bits per heavy atom. The molecule has 8 bridgehead atoms. The molecule has 6 nitrogen and oxygen atoms in total. The maximum atomic E-state index is 6.59. The first-order valence-electron chi connectivity index (χ1n) is 20.8. The van der Waals surface area contributed by atoms with Crippen molar-refractivity contribution in [2.45, 2.75) is 54.4 Å². The van der Waals surface area contributed by atoms with E-state index in [0.29, 0.717) is 11.4 Å². The van der Waals surface area contributed by atoms with E-state index in [1.807, 2.05) is 18.2 Å². The van der Waals surface area contributed by atoms with Crippen LogP contribution in [0.25, 0.3) is 49.7 Å². The molecule has 1 aliphatic rings. The Balaban J connectivity index is 1.26. The number of hydrogen-bond donors (Lipinski definition) is 0. The maximum Gasteiger partial charge on any atom is 0.197 e. The average molecular weight is 780 g/mol. The van der Waals surface area contributed by atoms with Crippen LogP contribution >= 0.6 is 0 Å². The van der Waals surface area contributed by atoms with Gasteiger partial charge in [0, 0.05) is 50.3 Å². The van der Waals surface area contributed by atoms with Crippen LogP contribution in [0.15, 0.2) is 144 Å². The lowest BCUT2D eigenvalue weighted by Gasteiger charge is -2.28. The minimum Gasteiger partial charge on any atom is -0.450 e. The molecule has 11 rings (SSSR count). The van der Waals surface area contributed by atoms with E-state index < -0.39 is 0 Å². The molecule has 4 heterocycles. The van der Waals surface area contributed by atoms with Crippen molar-refractivity contribution < 1.29 is 4.42 Å². The number of aryl methyl sites for hydroxylation is 8. The number of rotatable bonds is 3. The summed E-state index contributed by atoms with van der Waals surface area (Å²) < 4.78 is 8.85. The summed E-state index contributed by atoms with van der Waals surface area (Å²) in [5.74, 6) is 0.714. The Labute approximate surface area is 350 Å². The fourth-order valence-electron chi connectivity index (χ4n) is 9.75. The molecular formula is C54H45N5O. The highest BCUT2D eigenvalue weighted by Crippen LogP contribution is 2.45. The van der Waals surface area contributed by atoms with Gasteiger partial charge in [-0.1, -0.05) is 36.4 Å². The number of hydrogen-bond acceptors (Lipinski definition) is 5. The summed E-state index contributed by atoms with van der Waals surface area (Å²) in [6.07, 6.45) is 3.51. The normalized spacial score (nSPS) is 13.0. The van der Waals surface area contributed by atoms with E-state index in [4.69, 9.17) is 14.4 Å². The largest absolute Gasteiger partial charge is 0.450 e. The Bertz CT molecular complexity index is 3160. The topological polar surface area (TPSA) is 50.3 Å². The lowest BCUT2D eigenvalue weighted by Crippen LogP contribution is -2.12. The molecule has 0 aliphatic carbocycles. The quantitative estimate of drug-likeness (QED) is 0.179. The number of nitrogens with zero attached hydrogens (tertiary/aromatic N) is 5. The van der Waals surface area contributed by atoms with Gasteiger partial charge < -0.3 is 14.2 Å². The summed E-state index contributed by atoms with van der Waals surface area (Å²) in [7, 11) is 0. The molecule has 3 aromatic heterocycles. The molecule has 0 spiro atoms. The first-order chi connectivity index (χ1) is 29.1. The highest BCUT2D eigenvalue weighted by molar-refractivity contribution is 6.13. The van der Waals surface area contributed by atoms with E-state index in [1.165, 1.54) is 44.5 Å². The molecule has 0 saturated carbocycles. The molecule has 0 fully saturated rings. The minimum atomic E-state index is 0.664. The third kappa shape index (κ3) is 6.01. The van der Waals surface area contributed by atoms with Crippen molar-refractivity contribution >= 4 is 78.0 Å². The molecule has 0 saturated heterocycles. The summed E-state index contributed by atoms with van der Waals surface area (Å²) in [5, 5.41) is 3.21. The molecule has 0 N–H and O–H groups in total. The second-order valence-electron chi connectivity index (χ2n) is 16.9. The van der Waals surface area contributed by atoms with Gasteiger partial charge in [-0.2, -0.15) is 0 Å². The van der Waals surface area contributed by atoms with E-state index in [-0.39, 0.29) is 0 Å². The molecule has 60 heavy (non-hydrogen) atoms. The first kappa shape index (κ1) is 35.9. The fourth-order valence-corrected chi connectivity index (χ4v) is 9.75. The van der Waals surface area contributed by atoms with Gasteiger partial charge in [0.15, 0.2) is 11.4 Å². The number of benzene rings is 7. The van der Waals surface area contributed by atoms with Crippen LogP contribution < -0.4 is 9.80 Å². The lowest BCUT2D eigenvalue weighted by molar-refractivity contribution is 0.662. The molecular weight excluding hydrogens is 735 g/mol. The van der Waals surface area contributed by atoms with Crippen LogP contribution in [-0.4, -0.2) is 14.5 Å². The third-order valence-electron chi connectivity index (χ3n) is 12.0. The smallest absolute Gasteiger partial charge is 0.197 e.